The van der Waals surface area contributed by atoms with Gasteiger partial charge < -0.3 is 5.21 Å². The van der Waals surface area contributed by atoms with Gasteiger partial charge in [-0.25, -0.2) is 0 Å². The lowest BCUT2D eigenvalue weighted by molar-refractivity contribution is -0.245. The van der Waals surface area contributed by atoms with Crippen LogP contribution in [0, 0.1) is 0 Å². The van der Waals surface area contributed by atoms with Crippen LogP contribution in [0.4, 0.5) is 0 Å². The lowest BCUT2D eigenvalue weighted by Gasteiger charge is -2.48. The predicted octanol–water partition coefficient (Wildman–Crippen LogP) is 3.55. The number of nitrogens with zero attached hydrogens (tertiary/aromatic N) is 1. The van der Waals surface area contributed by atoms with Crippen LogP contribution in [-0.4, -0.2) is 27.1 Å². The normalized spacial score (nSPS) is 24.6. The van der Waals surface area contributed by atoms with Crippen molar-refractivity contribution in [2.45, 2.75) is 83.7 Å². The fourth-order valence-electron chi connectivity index (χ4n) is 3.21. The van der Waals surface area contributed by atoms with Gasteiger partial charge in [0.25, 0.3) is 0 Å². The molecule has 3 heteroatoms. The molecule has 0 radical (unpaired) electrons. The molecule has 0 atom stereocenters. The molecule has 0 aromatic heterocycles. The highest BCUT2D eigenvalue weighted by molar-refractivity contribution is 5.80. The van der Waals surface area contributed by atoms with Crippen LogP contribution in [0.15, 0.2) is 0 Å². The Hall–Kier alpha value is -0.410. The van der Waals surface area contributed by atoms with Crippen molar-refractivity contribution in [2.24, 2.45) is 0 Å². The molecule has 3 nitrogen and oxygen atoms in total. The van der Waals surface area contributed by atoms with Crippen LogP contribution in [0.25, 0.3) is 0 Å². The predicted molar refractivity (Wildman–Crippen MR) is 69.1 cm³/mol. The van der Waals surface area contributed by atoms with Crippen molar-refractivity contribution in [3.05, 3.63) is 0 Å². The van der Waals surface area contributed by atoms with Crippen molar-refractivity contribution >= 4 is 5.78 Å². The van der Waals surface area contributed by atoms with Gasteiger partial charge in [-0.1, -0.05) is 27.7 Å². The van der Waals surface area contributed by atoms with Crippen molar-refractivity contribution in [3.63, 3.8) is 0 Å². The molecule has 1 rings (SSSR count). The second kappa shape index (κ2) is 5.49. The molecule has 1 fully saturated rings. The van der Waals surface area contributed by atoms with Gasteiger partial charge in [-0.3, -0.25) is 4.79 Å². The SMILES string of the molecule is CCC1(CC)CCC(=O)CC(CC)(CC)N1O. The second-order valence-electron chi connectivity index (χ2n) is 5.39. The lowest BCUT2D eigenvalue weighted by Crippen LogP contribution is -2.57. The summed E-state index contributed by atoms with van der Waals surface area (Å²) >= 11 is 0. The highest BCUT2D eigenvalue weighted by Gasteiger charge is 2.48. The second-order valence-corrected chi connectivity index (χ2v) is 5.39. The Labute approximate surface area is 105 Å². The molecule has 1 aliphatic rings. The van der Waals surface area contributed by atoms with Crippen molar-refractivity contribution in [2.75, 3.05) is 0 Å². The Kier molecular flexibility index (Phi) is 4.73. The molecule has 1 saturated heterocycles. The molecular weight excluding hydrogens is 214 g/mol. The molecule has 0 bridgehead atoms. The number of rotatable bonds is 4. The van der Waals surface area contributed by atoms with E-state index < -0.39 is 0 Å². The van der Waals surface area contributed by atoms with Gasteiger partial charge in [-0.05, 0) is 32.1 Å². The number of hydroxylamine groups is 2. The van der Waals surface area contributed by atoms with Gasteiger partial charge in [0.05, 0.1) is 5.54 Å². The topological polar surface area (TPSA) is 40.5 Å². The smallest absolute Gasteiger partial charge is 0.134 e. The minimum Gasteiger partial charge on any atom is -0.313 e. The maximum atomic E-state index is 11.9. The summed E-state index contributed by atoms with van der Waals surface area (Å²) in [4.78, 5) is 11.9. The van der Waals surface area contributed by atoms with E-state index in [1.165, 1.54) is 0 Å². The summed E-state index contributed by atoms with van der Waals surface area (Å²) in [6.45, 7) is 8.36. The number of hydrogen-bond acceptors (Lipinski definition) is 3. The average Bonchev–Trinajstić information content (AvgIpc) is 2.47. The van der Waals surface area contributed by atoms with Crippen molar-refractivity contribution < 1.29 is 10.0 Å². The summed E-state index contributed by atoms with van der Waals surface area (Å²) in [5, 5.41) is 12.3. The summed E-state index contributed by atoms with van der Waals surface area (Å²) in [7, 11) is 0. The highest BCUT2D eigenvalue weighted by atomic mass is 16.5. The van der Waals surface area contributed by atoms with E-state index >= 15 is 0 Å². The number of carbonyl (C=O) groups excluding carboxylic acids is 1. The Morgan fingerprint density at radius 1 is 1.06 bits per heavy atom. The standard InChI is InChI=1S/C14H27NO2/c1-5-13(6-2)10-9-12(16)11-14(7-3,8-4)15(13)17/h17H,5-11H2,1-4H3. The van der Waals surface area contributed by atoms with E-state index in [1.807, 2.05) is 0 Å². The minimum absolute atomic E-state index is 0.210. The van der Waals surface area contributed by atoms with Gasteiger partial charge in [0.1, 0.15) is 5.78 Å². The van der Waals surface area contributed by atoms with E-state index in [4.69, 9.17) is 0 Å². The fourth-order valence-corrected chi connectivity index (χ4v) is 3.21. The molecule has 1 N–H and O–H groups in total. The number of ketones is 1. The van der Waals surface area contributed by atoms with Crippen LogP contribution in [-0.2, 0) is 4.79 Å². The van der Waals surface area contributed by atoms with Crippen LogP contribution in [0.2, 0.25) is 0 Å². The molecule has 0 unspecified atom stereocenters. The van der Waals surface area contributed by atoms with Gasteiger partial charge in [-0.15, -0.1) is 0 Å². The number of Topliss-reactive ketones (excluding diaryl/α,β-unsaturated/α-hetero) is 1. The van der Waals surface area contributed by atoms with E-state index in [2.05, 4.69) is 27.7 Å². The fraction of sp³-hybridized carbons (Fsp3) is 0.929. The van der Waals surface area contributed by atoms with E-state index in [-0.39, 0.29) is 11.1 Å². The van der Waals surface area contributed by atoms with Crippen molar-refractivity contribution in [1.82, 2.24) is 5.06 Å². The molecule has 0 aliphatic carbocycles. The highest BCUT2D eigenvalue weighted by Crippen LogP contribution is 2.41. The molecule has 0 spiro atoms. The van der Waals surface area contributed by atoms with E-state index in [0.717, 1.165) is 32.1 Å². The first kappa shape index (κ1) is 14.7. The average molecular weight is 241 g/mol. The Morgan fingerprint density at radius 2 is 1.53 bits per heavy atom. The lowest BCUT2D eigenvalue weighted by atomic mass is 9.82. The van der Waals surface area contributed by atoms with Crippen LogP contribution in [0.5, 0.6) is 0 Å². The third-order valence-corrected chi connectivity index (χ3v) is 4.93. The van der Waals surface area contributed by atoms with Gasteiger partial charge in [0.2, 0.25) is 0 Å². The minimum atomic E-state index is -0.348. The zero-order valence-electron chi connectivity index (χ0n) is 11.8. The monoisotopic (exact) mass is 241 g/mol. The van der Waals surface area contributed by atoms with Gasteiger partial charge in [0, 0.05) is 18.4 Å². The van der Waals surface area contributed by atoms with Crippen LogP contribution < -0.4 is 0 Å². The molecule has 0 aromatic rings. The first-order valence-corrected chi connectivity index (χ1v) is 7.01. The summed E-state index contributed by atoms with van der Waals surface area (Å²) in [5.41, 5.74) is -0.558. The van der Waals surface area contributed by atoms with Gasteiger partial charge >= 0.3 is 0 Å². The van der Waals surface area contributed by atoms with E-state index in [1.54, 1.807) is 5.06 Å². The first-order chi connectivity index (χ1) is 8.00. The zero-order valence-corrected chi connectivity index (χ0v) is 11.8. The molecular formula is C14H27NO2. The summed E-state index contributed by atoms with van der Waals surface area (Å²) in [6.07, 6.45) is 5.35. The Balaban J connectivity index is 3.16. The summed E-state index contributed by atoms with van der Waals surface area (Å²) in [6, 6.07) is 0. The molecule has 1 heterocycles. The van der Waals surface area contributed by atoms with Crippen LogP contribution >= 0.6 is 0 Å². The Morgan fingerprint density at radius 3 is 1.94 bits per heavy atom. The summed E-state index contributed by atoms with van der Waals surface area (Å²) in [5.74, 6) is 0.302. The van der Waals surface area contributed by atoms with E-state index in [0.29, 0.717) is 18.6 Å². The number of carbonyl (C=O) groups is 1. The maximum Gasteiger partial charge on any atom is 0.134 e. The zero-order chi connectivity index (χ0) is 13.1. The largest absolute Gasteiger partial charge is 0.313 e. The molecule has 17 heavy (non-hydrogen) atoms. The third-order valence-electron chi connectivity index (χ3n) is 4.93. The van der Waals surface area contributed by atoms with E-state index in [9.17, 15) is 10.0 Å². The van der Waals surface area contributed by atoms with Crippen LogP contribution in [0.3, 0.4) is 0 Å². The molecule has 100 valence electrons. The maximum absolute atomic E-state index is 11.9. The molecule has 0 amide bonds. The van der Waals surface area contributed by atoms with Crippen molar-refractivity contribution in [1.29, 1.82) is 0 Å². The summed E-state index contributed by atoms with van der Waals surface area (Å²) < 4.78 is 0. The Bertz CT molecular complexity index is 267. The van der Waals surface area contributed by atoms with Crippen LogP contribution in [0.1, 0.15) is 72.6 Å². The van der Waals surface area contributed by atoms with Gasteiger partial charge in [-0.2, -0.15) is 5.06 Å². The first-order valence-electron chi connectivity index (χ1n) is 7.01. The number of hydrogen-bond donors (Lipinski definition) is 1. The molecule has 1 aliphatic heterocycles. The molecule has 0 saturated carbocycles. The van der Waals surface area contributed by atoms with Gasteiger partial charge in [0.15, 0.2) is 0 Å². The molecule has 0 aromatic carbocycles. The quantitative estimate of drug-likeness (QED) is 0.818. The third kappa shape index (κ3) is 2.41. The van der Waals surface area contributed by atoms with Crippen molar-refractivity contribution in [3.8, 4) is 0 Å².